The fraction of sp³-hybridized carbons (Fsp3) is 0.800. The molecule has 2 atom stereocenters. The molecule has 1 amide bonds. The van der Waals surface area contributed by atoms with Gasteiger partial charge in [0.05, 0.1) is 19.2 Å². The minimum absolute atomic E-state index is 0.00653. The van der Waals surface area contributed by atoms with Gasteiger partial charge in [-0.05, 0) is 19.4 Å². The lowest BCUT2D eigenvalue weighted by Gasteiger charge is -2.32. The maximum atomic E-state index is 12.0. The van der Waals surface area contributed by atoms with E-state index in [1.165, 1.54) is 0 Å². The van der Waals surface area contributed by atoms with Crippen LogP contribution in [-0.2, 0) is 14.3 Å². The van der Waals surface area contributed by atoms with E-state index in [1.807, 2.05) is 0 Å². The van der Waals surface area contributed by atoms with Gasteiger partial charge in [0.25, 0.3) is 0 Å². The second-order valence-corrected chi connectivity index (χ2v) is 4.13. The van der Waals surface area contributed by atoms with Crippen LogP contribution in [-0.4, -0.2) is 60.3 Å². The normalized spacial score (nSPS) is 30.4. The molecule has 0 spiro atoms. The molecule has 2 heterocycles. The van der Waals surface area contributed by atoms with Crippen LogP contribution in [0.4, 0.5) is 0 Å². The van der Waals surface area contributed by atoms with Crippen LogP contribution in [0.1, 0.15) is 12.8 Å². The SMILES string of the molecule is O=C(O)C1CN(C(=O)C2CCCN2)CCO1. The molecule has 2 fully saturated rings. The second kappa shape index (κ2) is 4.80. The summed E-state index contributed by atoms with van der Waals surface area (Å²) in [5.41, 5.74) is 0. The lowest BCUT2D eigenvalue weighted by Crippen LogP contribution is -2.53. The third-order valence-electron chi connectivity index (χ3n) is 3.01. The minimum Gasteiger partial charge on any atom is -0.479 e. The van der Waals surface area contributed by atoms with Crippen molar-refractivity contribution in [1.29, 1.82) is 0 Å². The number of carbonyl (C=O) groups excluding carboxylic acids is 1. The first-order valence-corrected chi connectivity index (χ1v) is 5.55. The van der Waals surface area contributed by atoms with E-state index in [2.05, 4.69) is 5.32 Å². The van der Waals surface area contributed by atoms with Crippen molar-refractivity contribution in [3.8, 4) is 0 Å². The van der Waals surface area contributed by atoms with E-state index >= 15 is 0 Å². The van der Waals surface area contributed by atoms with Crippen LogP contribution in [0.15, 0.2) is 0 Å². The van der Waals surface area contributed by atoms with Gasteiger partial charge in [-0.3, -0.25) is 4.79 Å². The van der Waals surface area contributed by atoms with Crippen LogP contribution in [0.25, 0.3) is 0 Å². The number of hydrogen-bond donors (Lipinski definition) is 2. The van der Waals surface area contributed by atoms with Gasteiger partial charge in [0, 0.05) is 6.54 Å². The number of carboxylic acid groups (broad SMARTS) is 1. The van der Waals surface area contributed by atoms with Crippen LogP contribution in [0, 0.1) is 0 Å². The highest BCUT2D eigenvalue weighted by Crippen LogP contribution is 2.12. The van der Waals surface area contributed by atoms with Crippen LogP contribution in [0.3, 0.4) is 0 Å². The monoisotopic (exact) mass is 228 g/mol. The van der Waals surface area contributed by atoms with Crippen molar-refractivity contribution in [3.63, 3.8) is 0 Å². The summed E-state index contributed by atoms with van der Waals surface area (Å²) in [6.07, 6.45) is 0.968. The number of ether oxygens (including phenoxy) is 1. The number of nitrogens with zero attached hydrogens (tertiary/aromatic N) is 1. The van der Waals surface area contributed by atoms with E-state index in [4.69, 9.17) is 9.84 Å². The average molecular weight is 228 g/mol. The van der Waals surface area contributed by atoms with Crippen LogP contribution in [0.5, 0.6) is 0 Å². The lowest BCUT2D eigenvalue weighted by molar-refractivity contribution is -0.159. The van der Waals surface area contributed by atoms with E-state index in [1.54, 1.807) is 4.90 Å². The number of rotatable bonds is 2. The Morgan fingerprint density at radius 1 is 1.44 bits per heavy atom. The van der Waals surface area contributed by atoms with E-state index in [9.17, 15) is 9.59 Å². The minimum atomic E-state index is -1.00. The Morgan fingerprint density at radius 3 is 2.88 bits per heavy atom. The number of morpholine rings is 1. The molecule has 90 valence electrons. The highest BCUT2D eigenvalue weighted by Gasteiger charge is 2.33. The first kappa shape index (κ1) is 11.3. The van der Waals surface area contributed by atoms with Crippen molar-refractivity contribution in [2.24, 2.45) is 0 Å². The maximum absolute atomic E-state index is 12.0. The summed E-state index contributed by atoms with van der Waals surface area (Å²) in [5.74, 6) is -0.996. The van der Waals surface area contributed by atoms with Gasteiger partial charge in [0.15, 0.2) is 6.10 Å². The predicted molar refractivity (Wildman–Crippen MR) is 55.0 cm³/mol. The van der Waals surface area contributed by atoms with E-state index in [0.717, 1.165) is 19.4 Å². The number of nitrogens with one attached hydrogen (secondary N) is 1. The van der Waals surface area contributed by atoms with Crippen molar-refractivity contribution in [2.45, 2.75) is 25.0 Å². The van der Waals surface area contributed by atoms with Gasteiger partial charge < -0.3 is 20.1 Å². The quantitative estimate of drug-likeness (QED) is 0.637. The Morgan fingerprint density at radius 2 is 2.25 bits per heavy atom. The first-order valence-electron chi connectivity index (χ1n) is 5.55. The number of carbonyl (C=O) groups is 2. The molecule has 2 aliphatic rings. The highest BCUT2D eigenvalue weighted by atomic mass is 16.5. The Labute approximate surface area is 93.6 Å². The number of hydrogen-bond acceptors (Lipinski definition) is 4. The van der Waals surface area contributed by atoms with Crippen molar-refractivity contribution in [3.05, 3.63) is 0 Å². The topological polar surface area (TPSA) is 78.9 Å². The molecular weight excluding hydrogens is 212 g/mol. The molecule has 0 aliphatic carbocycles. The van der Waals surface area contributed by atoms with Crippen molar-refractivity contribution in [2.75, 3.05) is 26.2 Å². The van der Waals surface area contributed by atoms with E-state index < -0.39 is 12.1 Å². The predicted octanol–water partition coefficient (Wildman–Crippen LogP) is -0.950. The van der Waals surface area contributed by atoms with Crippen molar-refractivity contribution < 1.29 is 19.4 Å². The lowest BCUT2D eigenvalue weighted by atomic mass is 10.2. The van der Waals surface area contributed by atoms with Gasteiger partial charge in [-0.2, -0.15) is 0 Å². The summed E-state index contributed by atoms with van der Waals surface area (Å²) in [7, 11) is 0. The summed E-state index contributed by atoms with van der Waals surface area (Å²) < 4.78 is 5.07. The summed E-state index contributed by atoms with van der Waals surface area (Å²) >= 11 is 0. The van der Waals surface area contributed by atoms with Gasteiger partial charge in [0.2, 0.25) is 5.91 Å². The van der Waals surface area contributed by atoms with E-state index in [-0.39, 0.29) is 18.5 Å². The van der Waals surface area contributed by atoms with Crippen LogP contribution >= 0.6 is 0 Å². The zero-order valence-corrected chi connectivity index (χ0v) is 9.02. The van der Waals surface area contributed by atoms with Crippen molar-refractivity contribution in [1.82, 2.24) is 10.2 Å². The summed E-state index contributed by atoms with van der Waals surface area (Å²) in [5, 5.41) is 11.9. The Kier molecular flexibility index (Phi) is 3.40. The largest absolute Gasteiger partial charge is 0.479 e. The summed E-state index contributed by atoms with van der Waals surface area (Å²) in [4.78, 5) is 24.3. The number of carboxylic acids is 1. The molecule has 0 bridgehead atoms. The molecule has 6 nitrogen and oxygen atoms in total. The standard InChI is InChI=1S/C10H16N2O4/c13-9(7-2-1-3-11-7)12-4-5-16-8(6-12)10(14)15/h7-8,11H,1-6H2,(H,14,15). The number of aliphatic carboxylic acids is 1. The zero-order valence-electron chi connectivity index (χ0n) is 9.02. The first-order chi connectivity index (χ1) is 7.68. The van der Waals surface area contributed by atoms with Crippen LogP contribution < -0.4 is 5.32 Å². The molecule has 16 heavy (non-hydrogen) atoms. The molecule has 6 heteroatoms. The third-order valence-corrected chi connectivity index (χ3v) is 3.01. The molecule has 0 aromatic rings. The molecular formula is C10H16N2O4. The molecule has 2 saturated heterocycles. The molecule has 2 aliphatic heterocycles. The van der Waals surface area contributed by atoms with Gasteiger partial charge >= 0.3 is 5.97 Å². The molecule has 2 unspecified atom stereocenters. The van der Waals surface area contributed by atoms with Gasteiger partial charge in [-0.15, -0.1) is 0 Å². The van der Waals surface area contributed by atoms with Gasteiger partial charge in [-0.1, -0.05) is 0 Å². The Balaban J connectivity index is 1.93. The summed E-state index contributed by atoms with van der Waals surface area (Å²) in [6, 6.07) is -0.132. The fourth-order valence-electron chi connectivity index (χ4n) is 2.11. The zero-order chi connectivity index (χ0) is 11.5. The van der Waals surface area contributed by atoms with Crippen LogP contribution in [0.2, 0.25) is 0 Å². The van der Waals surface area contributed by atoms with Gasteiger partial charge in [0.1, 0.15) is 0 Å². The van der Waals surface area contributed by atoms with Gasteiger partial charge in [-0.25, -0.2) is 4.79 Å². The smallest absolute Gasteiger partial charge is 0.334 e. The maximum Gasteiger partial charge on any atom is 0.334 e. The molecule has 0 radical (unpaired) electrons. The molecule has 2 N–H and O–H groups in total. The number of amides is 1. The highest BCUT2D eigenvalue weighted by molar-refractivity contribution is 5.83. The molecule has 0 aromatic heterocycles. The summed E-state index contributed by atoms with van der Waals surface area (Å²) in [6.45, 7) is 1.81. The fourth-order valence-corrected chi connectivity index (χ4v) is 2.11. The molecule has 0 saturated carbocycles. The second-order valence-electron chi connectivity index (χ2n) is 4.13. The third kappa shape index (κ3) is 2.33. The Hall–Kier alpha value is -1.14. The average Bonchev–Trinajstić information content (AvgIpc) is 2.81. The Bertz CT molecular complexity index is 289. The van der Waals surface area contributed by atoms with Crippen molar-refractivity contribution >= 4 is 11.9 Å². The van der Waals surface area contributed by atoms with E-state index in [0.29, 0.717) is 13.2 Å². The molecule has 2 rings (SSSR count). The molecule has 0 aromatic carbocycles.